The number of hydrogen-bond acceptors (Lipinski definition) is 7. The lowest BCUT2D eigenvalue weighted by molar-refractivity contribution is -0.177. The van der Waals surface area contributed by atoms with Crippen LogP contribution in [-0.2, 0) is 15.1 Å². The average molecular weight is 601 g/mol. The van der Waals surface area contributed by atoms with Crippen LogP contribution in [0.2, 0.25) is 0 Å². The molecule has 218 valence electrons. The van der Waals surface area contributed by atoms with Crippen LogP contribution in [0.1, 0.15) is 47.6 Å². The van der Waals surface area contributed by atoms with Gasteiger partial charge in [-0.1, -0.05) is 17.4 Å². The molecule has 5 rings (SSSR count). The maximum Gasteiger partial charge on any atom is 0.471 e. The molecule has 2 aliphatic rings. The molecule has 41 heavy (non-hydrogen) atoms. The molecule has 1 aromatic carbocycles. The van der Waals surface area contributed by atoms with Gasteiger partial charge in [0.1, 0.15) is 32.9 Å². The van der Waals surface area contributed by atoms with Gasteiger partial charge in [0.05, 0.1) is 29.1 Å². The molecule has 4 heterocycles. The van der Waals surface area contributed by atoms with Crippen molar-refractivity contribution in [1.82, 2.24) is 20.5 Å². The van der Waals surface area contributed by atoms with E-state index in [1.54, 1.807) is 6.92 Å². The zero-order valence-electron chi connectivity index (χ0n) is 21.0. The normalized spacial score (nSPS) is 21.9. The Morgan fingerprint density at radius 2 is 1.83 bits per heavy atom. The van der Waals surface area contributed by atoms with Gasteiger partial charge in [-0.25, -0.2) is 18.6 Å². The van der Waals surface area contributed by atoms with E-state index in [0.717, 1.165) is 18.2 Å². The summed E-state index contributed by atoms with van der Waals surface area (Å²) in [4.78, 5) is 40.2. The number of carbonyl (C=O) groups excluding carboxylic acids is 2. The summed E-state index contributed by atoms with van der Waals surface area (Å²) in [6, 6.07) is 2.25. The van der Waals surface area contributed by atoms with Crippen molar-refractivity contribution in [2.45, 2.75) is 56.5 Å². The van der Waals surface area contributed by atoms with Gasteiger partial charge in [-0.3, -0.25) is 20.0 Å². The van der Waals surface area contributed by atoms with E-state index in [1.165, 1.54) is 0 Å². The maximum absolute atomic E-state index is 14.4. The molecule has 0 aliphatic carbocycles. The number of H-pyrrole nitrogens is 1. The first-order valence-electron chi connectivity index (χ1n) is 12.2. The SMILES string of the molecule is Cc1[nH]nc(C23CCC(NC(=O)C(F)(F)F)C(CC2)O3)c1NC(=O)c1nc(-c2c(F)cccc2F)sc1NC(=O)O. The lowest BCUT2D eigenvalue weighted by atomic mass is 9.89. The highest BCUT2D eigenvalue weighted by atomic mass is 32.1. The Bertz CT molecular complexity index is 1520. The van der Waals surface area contributed by atoms with E-state index in [0.29, 0.717) is 29.9 Å². The first-order chi connectivity index (χ1) is 19.3. The number of nitrogens with zero attached hydrogens (tertiary/aromatic N) is 2. The smallest absolute Gasteiger partial charge is 0.465 e. The molecule has 0 saturated carbocycles. The predicted octanol–water partition coefficient (Wildman–Crippen LogP) is 4.68. The number of aromatic amines is 1. The third-order valence-electron chi connectivity index (χ3n) is 6.95. The van der Waals surface area contributed by atoms with Crippen molar-refractivity contribution < 1.29 is 46.2 Å². The third-order valence-corrected chi connectivity index (χ3v) is 7.94. The first kappa shape index (κ1) is 28.4. The number of thiazole rings is 1. The van der Waals surface area contributed by atoms with Crippen LogP contribution in [0.25, 0.3) is 10.6 Å². The highest BCUT2D eigenvalue weighted by Crippen LogP contribution is 2.50. The molecule has 0 radical (unpaired) electrons. The monoisotopic (exact) mass is 600 g/mol. The van der Waals surface area contributed by atoms with Gasteiger partial charge in [0.15, 0.2) is 5.69 Å². The predicted molar refractivity (Wildman–Crippen MR) is 133 cm³/mol. The lowest BCUT2D eigenvalue weighted by Crippen LogP contribution is -2.51. The highest BCUT2D eigenvalue weighted by molar-refractivity contribution is 7.19. The minimum absolute atomic E-state index is 0.155. The Kier molecular flexibility index (Phi) is 7.19. The summed E-state index contributed by atoms with van der Waals surface area (Å²) in [7, 11) is 0. The van der Waals surface area contributed by atoms with Gasteiger partial charge in [-0.2, -0.15) is 18.3 Å². The van der Waals surface area contributed by atoms with Gasteiger partial charge < -0.3 is 20.5 Å². The highest BCUT2D eigenvalue weighted by Gasteiger charge is 2.53. The number of ether oxygens (including phenoxy) is 1. The number of amides is 3. The summed E-state index contributed by atoms with van der Waals surface area (Å²) in [6.07, 6.45) is -6.31. The second kappa shape index (κ2) is 10.4. The number of aromatic nitrogens is 3. The number of carboxylic acid groups (broad SMARTS) is 1. The molecule has 3 atom stereocenters. The summed E-state index contributed by atoms with van der Waals surface area (Å²) in [5, 5.41) is 22.3. The first-order valence-corrected chi connectivity index (χ1v) is 13.0. The fourth-order valence-corrected chi connectivity index (χ4v) is 6.08. The number of rotatable bonds is 6. The Morgan fingerprint density at radius 1 is 1.15 bits per heavy atom. The van der Waals surface area contributed by atoms with E-state index in [-0.39, 0.29) is 34.2 Å². The Morgan fingerprint density at radius 3 is 2.49 bits per heavy atom. The van der Waals surface area contributed by atoms with Gasteiger partial charge in [0.25, 0.3) is 5.91 Å². The van der Waals surface area contributed by atoms with E-state index < -0.39 is 64.7 Å². The van der Waals surface area contributed by atoms with E-state index in [4.69, 9.17) is 4.74 Å². The number of alkyl halides is 3. The zero-order chi connectivity index (χ0) is 29.7. The second-order valence-electron chi connectivity index (χ2n) is 9.56. The van der Waals surface area contributed by atoms with E-state index in [1.807, 2.05) is 10.6 Å². The number of hydrogen-bond donors (Lipinski definition) is 5. The van der Waals surface area contributed by atoms with Crippen molar-refractivity contribution in [2.75, 3.05) is 10.6 Å². The van der Waals surface area contributed by atoms with Crippen LogP contribution in [0.4, 0.5) is 37.4 Å². The maximum atomic E-state index is 14.4. The van der Waals surface area contributed by atoms with Gasteiger partial charge in [0, 0.05) is 0 Å². The molecule has 11 nitrogen and oxygen atoms in total. The number of aryl methyl sites for hydroxylation is 1. The summed E-state index contributed by atoms with van der Waals surface area (Å²) in [6.45, 7) is 1.59. The molecule has 2 fully saturated rings. The van der Waals surface area contributed by atoms with Gasteiger partial charge >= 0.3 is 18.2 Å². The topological polar surface area (TPSA) is 158 Å². The van der Waals surface area contributed by atoms with Crippen molar-refractivity contribution in [1.29, 1.82) is 0 Å². The van der Waals surface area contributed by atoms with E-state index in [2.05, 4.69) is 20.5 Å². The summed E-state index contributed by atoms with van der Waals surface area (Å²) in [5.74, 6) is -4.90. The molecule has 2 bridgehead atoms. The van der Waals surface area contributed by atoms with Crippen LogP contribution >= 0.6 is 11.3 Å². The number of anilines is 2. The molecule has 2 aliphatic heterocycles. The van der Waals surface area contributed by atoms with Crippen LogP contribution in [0, 0.1) is 18.6 Å². The summed E-state index contributed by atoms with van der Waals surface area (Å²) in [5.41, 5.74) is -1.27. The molecule has 3 unspecified atom stereocenters. The van der Waals surface area contributed by atoms with Crippen molar-refractivity contribution in [3.63, 3.8) is 0 Å². The molecule has 2 saturated heterocycles. The van der Waals surface area contributed by atoms with Crippen molar-refractivity contribution >= 4 is 39.9 Å². The molecular formula is C24H21F5N6O5S. The van der Waals surface area contributed by atoms with Gasteiger partial charge in [-0.15, -0.1) is 0 Å². The number of fused-ring (bicyclic) bond motifs is 2. The zero-order valence-corrected chi connectivity index (χ0v) is 21.8. The van der Waals surface area contributed by atoms with Crippen molar-refractivity contribution in [2.24, 2.45) is 0 Å². The van der Waals surface area contributed by atoms with Crippen LogP contribution in [-0.4, -0.2) is 56.5 Å². The molecule has 0 spiro atoms. The summed E-state index contributed by atoms with van der Waals surface area (Å²) < 4.78 is 73.1. The number of halogens is 5. The average Bonchev–Trinajstić information content (AvgIpc) is 3.56. The number of nitrogens with one attached hydrogen (secondary N) is 4. The van der Waals surface area contributed by atoms with Crippen molar-refractivity contribution in [3.8, 4) is 10.6 Å². The lowest BCUT2D eigenvalue weighted by Gasteiger charge is -2.37. The quantitative estimate of drug-likeness (QED) is 0.257. The van der Waals surface area contributed by atoms with Crippen molar-refractivity contribution in [3.05, 3.63) is 46.9 Å². The number of benzene rings is 1. The van der Waals surface area contributed by atoms with E-state index >= 15 is 0 Å². The molecule has 3 amide bonds. The molecule has 2 aromatic heterocycles. The van der Waals surface area contributed by atoms with Crippen LogP contribution in [0.15, 0.2) is 18.2 Å². The van der Waals surface area contributed by atoms with Crippen LogP contribution in [0.5, 0.6) is 0 Å². The Hall–Kier alpha value is -4.12. The molecule has 3 aromatic rings. The molecule has 17 heteroatoms. The fourth-order valence-electron chi connectivity index (χ4n) is 5.08. The van der Waals surface area contributed by atoms with Crippen LogP contribution in [0.3, 0.4) is 0 Å². The molecule has 5 N–H and O–H groups in total. The minimum atomic E-state index is -5.04. The largest absolute Gasteiger partial charge is 0.471 e. The summed E-state index contributed by atoms with van der Waals surface area (Å²) >= 11 is 0.557. The minimum Gasteiger partial charge on any atom is -0.465 e. The van der Waals surface area contributed by atoms with Gasteiger partial charge in [0.2, 0.25) is 0 Å². The number of carbonyl (C=O) groups is 3. The second-order valence-corrected chi connectivity index (χ2v) is 10.6. The third kappa shape index (κ3) is 5.33. The fraction of sp³-hybridized carbons (Fsp3) is 0.375. The van der Waals surface area contributed by atoms with Crippen LogP contribution < -0.4 is 16.0 Å². The molecular weight excluding hydrogens is 579 g/mol. The van der Waals surface area contributed by atoms with Gasteiger partial charge in [-0.05, 0) is 44.7 Å². The van der Waals surface area contributed by atoms with E-state index in [9.17, 15) is 41.4 Å². The Balaban J connectivity index is 1.41. The Labute approximate surface area is 231 Å². The standard InChI is InChI=1S/C24H21F5N6O5S/c1-9-15(17(35-34-9)23-7-5-12(13(40-23)6-8-23)30-21(37)24(27,28)29)31-18(36)16-20(33-22(38)39)41-19(32-16)14-10(25)3-2-4-11(14)26/h2-4,12-13,33H,5-8H2,1H3,(H,30,37)(H,31,36)(H,34,35)(H,38,39).